The van der Waals surface area contributed by atoms with Gasteiger partial charge in [-0.25, -0.2) is 4.79 Å². The molecule has 1 aromatic heterocycles. The molecule has 0 unspecified atom stereocenters. The van der Waals surface area contributed by atoms with Gasteiger partial charge < -0.3 is 23.8 Å². The van der Waals surface area contributed by atoms with Gasteiger partial charge in [0.05, 0.1) is 17.2 Å². The van der Waals surface area contributed by atoms with E-state index in [1.54, 1.807) is 35.8 Å². The van der Waals surface area contributed by atoms with Crippen LogP contribution in [0, 0.1) is 6.92 Å². The van der Waals surface area contributed by atoms with Crippen LogP contribution in [0.25, 0.3) is 0 Å². The lowest BCUT2D eigenvalue weighted by atomic mass is 10.1. The molecule has 0 bridgehead atoms. The normalized spacial score (nSPS) is 14.1. The third kappa shape index (κ3) is 4.39. The Morgan fingerprint density at radius 1 is 1.18 bits per heavy atom. The number of halogens is 1. The summed E-state index contributed by atoms with van der Waals surface area (Å²) in [4.78, 5) is 27.9. The van der Waals surface area contributed by atoms with Crippen molar-refractivity contribution in [1.29, 1.82) is 0 Å². The van der Waals surface area contributed by atoms with E-state index in [2.05, 4.69) is 5.16 Å². The summed E-state index contributed by atoms with van der Waals surface area (Å²) in [6.45, 7) is 5.54. The van der Waals surface area contributed by atoms with E-state index in [4.69, 9.17) is 25.6 Å². The number of para-hydroxylation sites is 1. The van der Waals surface area contributed by atoms with Crippen LogP contribution in [-0.2, 0) is 11.3 Å². The first-order chi connectivity index (χ1) is 13.5. The van der Waals surface area contributed by atoms with Crippen molar-refractivity contribution in [3.63, 3.8) is 0 Å². The number of ether oxygens (including phenoxy) is 2. The maximum atomic E-state index is 12.9. The van der Waals surface area contributed by atoms with Crippen LogP contribution in [0.1, 0.15) is 28.7 Å². The molecule has 0 radical (unpaired) electrons. The Balaban J connectivity index is 1.65. The highest BCUT2D eigenvalue weighted by molar-refractivity contribution is 6.32. The zero-order valence-corrected chi connectivity index (χ0v) is 16.6. The van der Waals surface area contributed by atoms with Crippen LogP contribution >= 0.6 is 11.6 Å². The van der Waals surface area contributed by atoms with E-state index in [1.807, 2.05) is 12.1 Å². The number of piperazine rings is 1. The smallest absolute Gasteiger partial charge is 0.409 e. The molecule has 1 saturated heterocycles. The van der Waals surface area contributed by atoms with Crippen molar-refractivity contribution < 1.29 is 23.6 Å². The largest absolute Gasteiger partial charge is 0.487 e. The SMILES string of the molecule is CCOC(=O)N1CCN(C(=O)c2noc(C)c2COc2ccccc2Cl)CC1. The molecule has 0 atom stereocenters. The highest BCUT2D eigenvalue weighted by Gasteiger charge is 2.29. The van der Waals surface area contributed by atoms with Crippen molar-refractivity contribution in [3.8, 4) is 5.75 Å². The molecule has 1 aliphatic heterocycles. The first kappa shape index (κ1) is 20.0. The molecule has 2 amide bonds. The van der Waals surface area contributed by atoms with Crippen molar-refractivity contribution >= 4 is 23.6 Å². The fourth-order valence-electron chi connectivity index (χ4n) is 2.90. The number of hydrogen-bond donors (Lipinski definition) is 0. The molecule has 2 heterocycles. The van der Waals surface area contributed by atoms with Gasteiger partial charge in [-0.05, 0) is 26.0 Å². The Labute approximate surface area is 167 Å². The quantitative estimate of drug-likeness (QED) is 0.757. The van der Waals surface area contributed by atoms with Gasteiger partial charge in [-0.2, -0.15) is 0 Å². The summed E-state index contributed by atoms with van der Waals surface area (Å²) in [5, 5.41) is 4.41. The molecule has 8 nitrogen and oxygen atoms in total. The maximum absolute atomic E-state index is 12.9. The second kappa shape index (κ2) is 8.97. The van der Waals surface area contributed by atoms with Gasteiger partial charge in [-0.1, -0.05) is 28.9 Å². The highest BCUT2D eigenvalue weighted by atomic mass is 35.5. The number of carbonyl (C=O) groups excluding carboxylic acids is 2. The third-order valence-electron chi connectivity index (χ3n) is 4.49. The van der Waals surface area contributed by atoms with Gasteiger partial charge in [-0.15, -0.1) is 0 Å². The summed E-state index contributed by atoms with van der Waals surface area (Å²) in [6.07, 6.45) is -0.360. The Kier molecular flexibility index (Phi) is 6.41. The van der Waals surface area contributed by atoms with E-state index in [-0.39, 0.29) is 24.3 Å². The molecule has 1 aliphatic rings. The van der Waals surface area contributed by atoms with E-state index >= 15 is 0 Å². The zero-order chi connectivity index (χ0) is 20.1. The Morgan fingerprint density at radius 2 is 1.86 bits per heavy atom. The molecular weight excluding hydrogens is 386 g/mol. The summed E-state index contributed by atoms with van der Waals surface area (Å²) in [5.41, 5.74) is 0.798. The molecule has 2 aromatic rings. The van der Waals surface area contributed by atoms with Crippen molar-refractivity contribution in [2.75, 3.05) is 32.8 Å². The van der Waals surface area contributed by atoms with E-state index in [1.165, 1.54) is 0 Å². The third-order valence-corrected chi connectivity index (χ3v) is 4.80. The van der Waals surface area contributed by atoms with Crippen LogP contribution in [-0.4, -0.2) is 59.7 Å². The minimum atomic E-state index is -0.360. The summed E-state index contributed by atoms with van der Waals surface area (Å²) < 4.78 is 16.0. The summed E-state index contributed by atoms with van der Waals surface area (Å²) in [5.74, 6) is 0.782. The summed E-state index contributed by atoms with van der Waals surface area (Å²) >= 11 is 6.11. The Morgan fingerprint density at radius 3 is 2.54 bits per heavy atom. The van der Waals surface area contributed by atoms with E-state index in [9.17, 15) is 9.59 Å². The van der Waals surface area contributed by atoms with E-state index in [0.29, 0.717) is 54.9 Å². The van der Waals surface area contributed by atoms with Gasteiger partial charge in [0.1, 0.15) is 18.1 Å². The van der Waals surface area contributed by atoms with E-state index in [0.717, 1.165) is 0 Å². The van der Waals surface area contributed by atoms with Crippen molar-refractivity contribution in [2.45, 2.75) is 20.5 Å². The average molecular weight is 408 g/mol. The monoisotopic (exact) mass is 407 g/mol. The fraction of sp³-hybridized carbons (Fsp3) is 0.421. The molecule has 0 saturated carbocycles. The molecule has 0 N–H and O–H groups in total. The molecule has 3 rings (SSSR count). The number of benzene rings is 1. The second-order valence-electron chi connectivity index (χ2n) is 6.26. The lowest BCUT2D eigenvalue weighted by molar-refractivity contribution is 0.0560. The van der Waals surface area contributed by atoms with Crippen LogP contribution in [0.4, 0.5) is 4.79 Å². The van der Waals surface area contributed by atoms with Crippen molar-refractivity contribution in [2.24, 2.45) is 0 Å². The molecule has 0 aliphatic carbocycles. The zero-order valence-electron chi connectivity index (χ0n) is 15.8. The molecular formula is C19H22ClN3O5. The lowest BCUT2D eigenvalue weighted by Gasteiger charge is -2.33. The predicted octanol–water partition coefficient (Wildman–Crippen LogP) is 3.13. The number of aryl methyl sites for hydroxylation is 1. The highest BCUT2D eigenvalue weighted by Crippen LogP contribution is 2.25. The molecule has 150 valence electrons. The second-order valence-corrected chi connectivity index (χ2v) is 6.67. The molecule has 1 aromatic carbocycles. The number of rotatable bonds is 5. The Bertz CT molecular complexity index is 846. The van der Waals surface area contributed by atoms with Gasteiger partial charge >= 0.3 is 6.09 Å². The van der Waals surface area contributed by atoms with Crippen molar-refractivity contribution in [3.05, 3.63) is 46.3 Å². The topological polar surface area (TPSA) is 85.1 Å². The lowest BCUT2D eigenvalue weighted by Crippen LogP contribution is -2.51. The fourth-order valence-corrected chi connectivity index (χ4v) is 3.09. The molecule has 28 heavy (non-hydrogen) atoms. The summed E-state index contributed by atoms with van der Waals surface area (Å²) in [6, 6.07) is 7.11. The van der Waals surface area contributed by atoms with Crippen LogP contribution in [0.2, 0.25) is 5.02 Å². The van der Waals surface area contributed by atoms with Crippen LogP contribution in [0.3, 0.4) is 0 Å². The van der Waals surface area contributed by atoms with Crippen molar-refractivity contribution in [1.82, 2.24) is 15.0 Å². The molecule has 9 heteroatoms. The number of hydrogen-bond acceptors (Lipinski definition) is 6. The first-order valence-electron chi connectivity index (χ1n) is 9.04. The van der Waals surface area contributed by atoms with Crippen LogP contribution in [0.5, 0.6) is 5.75 Å². The number of nitrogens with zero attached hydrogens (tertiary/aromatic N) is 3. The van der Waals surface area contributed by atoms with Gasteiger partial charge in [0.2, 0.25) is 0 Å². The van der Waals surface area contributed by atoms with Crippen LogP contribution in [0.15, 0.2) is 28.8 Å². The first-order valence-corrected chi connectivity index (χ1v) is 9.42. The van der Waals surface area contributed by atoms with Gasteiger partial charge in [-0.3, -0.25) is 4.79 Å². The van der Waals surface area contributed by atoms with Gasteiger partial charge in [0, 0.05) is 26.2 Å². The number of amides is 2. The minimum absolute atomic E-state index is 0.114. The predicted molar refractivity (Wildman–Crippen MR) is 102 cm³/mol. The standard InChI is InChI=1S/C19H22ClN3O5/c1-3-26-19(25)23-10-8-22(9-11-23)18(24)17-14(13(2)28-21-17)12-27-16-7-5-4-6-15(16)20/h4-7H,3,8-12H2,1-2H3. The number of carbonyl (C=O) groups is 2. The van der Waals surface area contributed by atoms with Gasteiger partial charge in [0.15, 0.2) is 5.69 Å². The summed E-state index contributed by atoms with van der Waals surface area (Å²) in [7, 11) is 0. The maximum Gasteiger partial charge on any atom is 0.409 e. The Hall–Kier alpha value is -2.74. The number of aromatic nitrogens is 1. The minimum Gasteiger partial charge on any atom is -0.487 e. The molecule has 1 fully saturated rings. The van der Waals surface area contributed by atoms with E-state index < -0.39 is 0 Å². The van der Waals surface area contributed by atoms with Crippen LogP contribution < -0.4 is 4.74 Å². The average Bonchev–Trinajstić information content (AvgIpc) is 3.07. The molecule has 0 spiro atoms. The van der Waals surface area contributed by atoms with Gasteiger partial charge in [0.25, 0.3) is 5.91 Å².